The number of hydrogen-bond acceptors (Lipinski definition) is 3. The Morgan fingerprint density at radius 2 is 1.65 bits per heavy atom. The van der Waals surface area contributed by atoms with Crippen molar-refractivity contribution >= 4 is 29.0 Å². The molecule has 0 unspecified atom stereocenters. The summed E-state index contributed by atoms with van der Waals surface area (Å²) in [5.74, 6) is -0.800. The number of halogens is 1. The molecular formula is C26H24ClNO3. The van der Waals surface area contributed by atoms with Gasteiger partial charge in [0.1, 0.15) is 0 Å². The molecule has 1 amide bonds. The van der Waals surface area contributed by atoms with Crippen molar-refractivity contribution in [1.82, 2.24) is 0 Å². The standard InChI is InChI=1S/C26H24ClNO3/c1-3-18-8-10-20(11-9-18)24(29)15-26(31)22-14-21(27)12-13-23(22)28(25(26)30)16-19-6-4-17(2)5-7-19/h4-14,31H,3,15-16H2,1-2H3/t26-/m0/s1. The molecule has 158 valence electrons. The van der Waals surface area contributed by atoms with Gasteiger partial charge in [0.25, 0.3) is 5.91 Å². The number of anilines is 1. The SMILES string of the molecule is CCc1ccc(C(=O)C[C@@]2(O)C(=O)N(Cc3ccc(C)cc3)c3ccc(Cl)cc32)cc1. The maximum absolute atomic E-state index is 13.4. The molecule has 5 heteroatoms. The Bertz CT molecular complexity index is 1140. The van der Waals surface area contributed by atoms with Crippen molar-refractivity contribution < 1.29 is 14.7 Å². The van der Waals surface area contributed by atoms with Gasteiger partial charge in [0.15, 0.2) is 11.4 Å². The van der Waals surface area contributed by atoms with E-state index in [1.807, 2.05) is 50.2 Å². The minimum atomic E-state index is -1.95. The summed E-state index contributed by atoms with van der Waals surface area (Å²) in [5, 5.41) is 11.9. The van der Waals surface area contributed by atoms with E-state index in [0.29, 0.717) is 28.4 Å². The van der Waals surface area contributed by atoms with Gasteiger partial charge >= 0.3 is 0 Å². The number of rotatable bonds is 6. The number of fused-ring (bicyclic) bond motifs is 1. The summed E-state index contributed by atoms with van der Waals surface area (Å²) < 4.78 is 0. The lowest BCUT2D eigenvalue weighted by Gasteiger charge is -2.23. The average Bonchev–Trinajstić information content (AvgIpc) is 2.96. The van der Waals surface area contributed by atoms with E-state index in [4.69, 9.17) is 11.6 Å². The van der Waals surface area contributed by atoms with Crippen molar-refractivity contribution in [2.24, 2.45) is 0 Å². The smallest absolute Gasteiger partial charge is 0.264 e. The first-order valence-corrected chi connectivity index (χ1v) is 10.7. The Hall–Kier alpha value is -2.95. The molecule has 1 atom stereocenters. The molecule has 4 nitrogen and oxygen atoms in total. The van der Waals surface area contributed by atoms with Crippen LogP contribution >= 0.6 is 11.6 Å². The molecule has 1 N–H and O–H groups in total. The normalized spacial score (nSPS) is 17.7. The fourth-order valence-corrected chi connectivity index (χ4v) is 4.16. The number of Topliss-reactive ketones (excluding diaryl/α,β-unsaturated/α-hetero) is 1. The topological polar surface area (TPSA) is 57.6 Å². The fraction of sp³-hybridized carbons (Fsp3) is 0.231. The Kier molecular flexibility index (Phi) is 5.69. The second kappa shape index (κ2) is 8.29. The molecular weight excluding hydrogens is 410 g/mol. The second-order valence-electron chi connectivity index (χ2n) is 8.05. The monoisotopic (exact) mass is 433 g/mol. The molecule has 0 bridgehead atoms. The molecule has 1 heterocycles. The number of amides is 1. The Morgan fingerprint density at radius 1 is 1.00 bits per heavy atom. The molecule has 1 aliphatic rings. The first kappa shape index (κ1) is 21.3. The van der Waals surface area contributed by atoms with Gasteiger partial charge in [-0.2, -0.15) is 0 Å². The maximum atomic E-state index is 13.4. The molecule has 0 aliphatic carbocycles. The minimum absolute atomic E-state index is 0.290. The highest BCUT2D eigenvalue weighted by molar-refractivity contribution is 6.31. The van der Waals surface area contributed by atoms with Gasteiger partial charge in [-0.3, -0.25) is 9.59 Å². The molecule has 0 saturated heterocycles. The van der Waals surface area contributed by atoms with E-state index in [-0.39, 0.29) is 12.2 Å². The third-order valence-corrected chi connectivity index (χ3v) is 6.09. The molecule has 3 aromatic carbocycles. The van der Waals surface area contributed by atoms with Crippen LogP contribution in [-0.2, 0) is 23.4 Å². The number of carbonyl (C=O) groups is 2. The quantitative estimate of drug-likeness (QED) is 0.542. The van der Waals surface area contributed by atoms with Crippen LogP contribution in [0.4, 0.5) is 5.69 Å². The van der Waals surface area contributed by atoms with Crippen LogP contribution in [0.3, 0.4) is 0 Å². The third-order valence-electron chi connectivity index (χ3n) is 5.86. The van der Waals surface area contributed by atoms with Crippen LogP contribution in [0.1, 0.15) is 46.0 Å². The first-order valence-electron chi connectivity index (χ1n) is 10.3. The average molecular weight is 434 g/mol. The molecule has 4 rings (SSSR count). The summed E-state index contributed by atoms with van der Waals surface area (Å²) >= 11 is 6.18. The van der Waals surface area contributed by atoms with Gasteiger partial charge in [0, 0.05) is 16.1 Å². The summed E-state index contributed by atoms with van der Waals surface area (Å²) in [6, 6.07) is 20.1. The molecule has 0 aromatic heterocycles. The van der Waals surface area contributed by atoms with E-state index in [9.17, 15) is 14.7 Å². The number of hydrogen-bond donors (Lipinski definition) is 1. The van der Waals surface area contributed by atoms with E-state index in [1.54, 1.807) is 30.3 Å². The van der Waals surface area contributed by atoms with Crippen LogP contribution < -0.4 is 4.90 Å². The molecule has 0 radical (unpaired) electrons. The number of nitrogens with zero attached hydrogens (tertiary/aromatic N) is 1. The van der Waals surface area contributed by atoms with Gasteiger partial charge in [-0.1, -0.05) is 72.6 Å². The molecule has 3 aromatic rings. The highest BCUT2D eigenvalue weighted by Crippen LogP contribution is 2.44. The Labute approximate surface area is 187 Å². The van der Waals surface area contributed by atoms with Crippen molar-refractivity contribution in [2.75, 3.05) is 4.90 Å². The van der Waals surface area contributed by atoms with Gasteiger partial charge in [0.05, 0.1) is 18.7 Å². The molecule has 0 saturated carbocycles. The number of aliphatic hydroxyl groups is 1. The van der Waals surface area contributed by atoms with E-state index < -0.39 is 11.5 Å². The van der Waals surface area contributed by atoms with Crippen LogP contribution in [0.5, 0.6) is 0 Å². The third kappa shape index (κ3) is 4.01. The minimum Gasteiger partial charge on any atom is -0.375 e. The molecule has 0 fully saturated rings. The first-order chi connectivity index (χ1) is 14.8. The summed E-state index contributed by atoms with van der Waals surface area (Å²) in [5.41, 5.74) is 2.64. The van der Waals surface area contributed by atoms with Crippen molar-refractivity contribution in [3.05, 3.63) is 99.6 Å². The summed E-state index contributed by atoms with van der Waals surface area (Å²) in [7, 11) is 0. The van der Waals surface area contributed by atoms with E-state index in [1.165, 1.54) is 4.90 Å². The van der Waals surface area contributed by atoms with E-state index >= 15 is 0 Å². The van der Waals surface area contributed by atoms with Gasteiger partial charge in [-0.15, -0.1) is 0 Å². The van der Waals surface area contributed by atoms with Crippen molar-refractivity contribution in [3.8, 4) is 0 Å². The predicted molar refractivity (Wildman–Crippen MR) is 122 cm³/mol. The van der Waals surface area contributed by atoms with E-state index in [2.05, 4.69) is 0 Å². The lowest BCUT2D eigenvalue weighted by atomic mass is 9.88. The Morgan fingerprint density at radius 3 is 2.29 bits per heavy atom. The number of carbonyl (C=O) groups excluding carboxylic acids is 2. The highest BCUT2D eigenvalue weighted by Gasteiger charge is 2.51. The van der Waals surface area contributed by atoms with E-state index in [0.717, 1.165) is 23.1 Å². The zero-order chi connectivity index (χ0) is 22.2. The Balaban J connectivity index is 1.67. The number of aryl methyl sites for hydroxylation is 2. The van der Waals surface area contributed by atoms with Crippen molar-refractivity contribution in [1.29, 1.82) is 0 Å². The lowest BCUT2D eigenvalue weighted by Crippen LogP contribution is -2.41. The van der Waals surface area contributed by atoms with Crippen LogP contribution in [-0.4, -0.2) is 16.8 Å². The van der Waals surface area contributed by atoms with Crippen LogP contribution in [0.15, 0.2) is 66.7 Å². The molecule has 31 heavy (non-hydrogen) atoms. The lowest BCUT2D eigenvalue weighted by molar-refractivity contribution is -0.136. The van der Waals surface area contributed by atoms with Gasteiger partial charge in [-0.25, -0.2) is 0 Å². The van der Waals surface area contributed by atoms with Crippen LogP contribution in [0, 0.1) is 6.92 Å². The summed E-state index contributed by atoms with van der Waals surface area (Å²) in [4.78, 5) is 27.9. The molecule has 1 aliphatic heterocycles. The van der Waals surface area contributed by atoms with Crippen molar-refractivity contribution in [3.63, 3.8) is 0 Å². The highest BCUT2D eigenvalue weighted by atomic mass is 35.5. The summed E-state index contributed by atoms with van der Waals surface area (Å²) in [6.45, 7) is 4.34. The molecule has 0 spiro atoms. The predicted octanol–water partition coefficient (Wildman–Crippen LogP) is 5.22. The maximum Gasteiger partial charge on any atom is 0.264 e. The van der Waals surface area contributed by atoms with Gasteiger partial charge in [-0.05, 0) is 42.7 Å². The number of benzene rings is 3. The number of ketones is 1. The largest absolute Gasteiger partial charge is 0.375 e. The fourth-order valence-electron chi connectivity index (χ4n) is 3.99. The summed E-state index contributed by atoms with van der Waals surface area (Å²) in [6.07, 6.45) is 0.534. The van der Waals surface area contributed by atoms with Crippen molar-refractivity contribution in [2.45, 2.75) is 38.8 Å². The van der Waals surface area contributed by atoms with Crippen LogP contribution in [0.2, 0.25) is 5.02 Å². The zero-order valence-corrected chi connectivity index (χ0v) is 18.3. The second-order valence-corrected chi connectivity index (χ2v) is 8.49. The zero-order valence-electron chi connectivity index (χ0n) is 17.6. The van der Waals surface area contributed by atoms with Crippen LogP contribution in [0.25, 0.3) is 0 Å². The van der Waals surface area contributed by atoms with Gasteiger partial charge < -0.3 is 10.0 Å². The van der Waals surface area contributed by atoms with Gasteiger partial charge in [0.2, 0.25) is 0 Å².